The van der Waals surface area contributed by atoms with Gasteiger partial charge in [0.2, 0.25) is 0 Å². The summed E-state index contributed by atoms with van der Waals surface area (Å²) in [7, 11) is 0. The summed E-state index contributed by atoms with van der Waals surface area (Å²) < 4.78 is 11.7. The van der Waals surface area contributed by atoms with Crippen LogP contribution >= 0.6 is 15.9 Å². The van der Waals surface area contributed by atoms with Crippen molar-refractivity contribution < 1.29 is 14.3 Å². The zero-order chi connectivity index (χ0) is 14.8. The lowest BCUT2D eigenvalue weighted by molar-refractivity contribution is 0.102. The molecule has 2 aromatic carbocycles. The first-order valence-electron chi connectivity index (χ1n) is 6.39. The number of anilines is 2. The summed E-state index contributed by atoms with van der Waals surface area (Å²) in [6.07, 6.45) is 0. The number of fused-ring (bicyclic) bond motifs is 1. The van der Waals surface area contributed by atoms with E-state index < -0.39 is 0 Å². The fraction of sp³-hybridized carbons (Fsp3) is 0.133. The van der Waals surface area contributed by atoms with Gasteiger partial charge in [-0.1, -0.05) is 15.9 Å². The summed E-state index contributed by atoms with van der Waals surface area (Å²) in [5.41, 5.74) is 7.38. The molecule has 0 saturated heterocycles. The molecule has 0 aromatic heterocycles. The molecule has 3 N–H and O–H groups in total. The minimum atomic E-state index is -0.236. The highest BCUT2D eigenvalue weighted by molar-refractivity contribution is 9.10. The van der Waals surface area contributed by atoms with Crippen molar-refractivity contribution in [2.24, 2.45) is 0 Å². The van der Waals surface area contributed by atoms with Crippen molar-refractivity contribution in [2.75, 3.05) is 24.3 Å². The maximum Gasteiger partial charge on any atom is 0.255 e. The van der Waals surface area contributed by atoms with Gasteiger partial charge < -0.3 is 20.5 Å². The molecule has 108 valence electrons. The van der Waals surface area contributed by atoms with Gasteiger partial charge in [0.1, 0.15) is 13.2 Å². The minimum Gasteiger partial charge on any atom is -0.486 e. The summed E-state index contributed by atoms with van der Waals surface area (Å²) in [6, 6.07) is 10.4. The zero-order valence-corrected chi connectivity index (χ0v) is 12.6. The molecule has 0 saturated carbocycles. The van der Waals surface area contributed by atoms with E-state index in [1.54, 1.807) is 36.4 Å². The van der Waals surface area contributed by atoms with E-state index in [0.717, 1.165) is 4.47 Å². The molecule has 1 heterocycles. The molecule has 1 aliphatic heterocycles. The van der Waals surface area contributed by atoms with Crippen molar-refractivity contribution in [3.8, 4) is 11.5 Å². The quantitative estimate of drug-likeness (QED) is 0.818. The lowest BCUT2D eigenvalue weighted by Gasteiger charge is -2.19. The molecular weight excluding hydrogens is 336 g/mol. The second-order valence-corrected chi connectivity index (χ2v) is 5.50. The van der Waals surface area contributed by atoms with Crippen LogP contribution in [0.3, 0.4) is 0 Å². The Morgan fingerprint density at radius 3 is 2.62 bits per heavy atom. The van der Waals surface area contributed by atoms with E-state index in [0.29, 0.717) is 41.7 Å². The van der Waals surface area contributed by atoms with Crippen LogP contribution in [0.4, 0.5) is 11.4 Å². The fourth-order valence-electron chi connectivity index (χ4n) is 2.07. The predicted octanol–water partition coefficient (Wildman–Crippen LogP) is 3.05. The van der Waals surface area contributed by atoms with Crippen molar-refractivity contribution >= 4 is 33.2 Å². The highest BCUT2D eigenvalue weighted by atomic mass is 79.9. The van der Waals surface area contributed by atoms with Gasteiger partial charge in [0.15, 0.2) is 11.5 Å². The van der Waals surface area contributed by atoms with Gasteiger partial charge >= 0.3 is 0 Å². The predicted molar refractivity (Wildman–Crippen MR) is 83.9 cm³/mol. The molecule has 1 amide bonds. The zero-order valence-electron chi connectivity index (χ0n) is 11.1. The molecule has 0 atom stereocenters. The van der Waals surface area contributed by atoms with Crippen LogP contribution in [-0.4, -0.2) is 19.1 Å². The summed E-state index contributed by atoms with van der Waals surface area (Å²) >= 11 is 3.32. The van der Waals surface area contributed by atoms with Crippen molar-refractivity contribution in [3.05, 3.63) is 46.4 Å². The molecule has 0 radical (unpaired) electrons. The van der Waals surface area contributed by atoms with E-state index >= 15 is 0 Å². The van der Waals surface area contributed by atoms with Crippen molar-refractivity contribution in [1.29, 1.82) is 0 Å². The molecule has 5 nitrogen and oxygen atoms in total. The number of carbonyl (C=O) groups excluding carboxylic acids is 1. The molecule has 0 fully saturated rings. The average Bonchev–Trinajstić information content (AvgIpc) is 2.46. The number of carbonyl (C=O) groups is 1. The van der Waals surface area contributed by atoms with E-state index in [1.165, 1.54) is 0 Å². The minimum absolute atomic E-state index is 0.236. The number of nitrogen functional groups attached to an aromatic ring is 1. The first-order valence-corrected chi connectivity index (χ1v) is 7.18. The number of ether oxygens (including phenoxy) is 2. The fourth-order valence-corrected chi connectivity index (χ4v) is 2.58. The molecule has 1 aliphatic rings. The first-order chi connectivity index (χ1) is 10.1. The Morgan fingerprint density at radius 2 is 1.86 bits per heavy atom. The largest absolute Gasteiger partial charge is 0.486 e. The Balaban J connectivity index is 1.81. The van der Waals surface area contributed by atoms with Crippen LogP contribution in [0.5, 0.6) is 11.5 Å². The molecule has 0 spiro atoms. The maximum absolute atomic E-state index is 12.2. The highest BCUT2D eigenvalue weighted by Crippen LogP contribution is 2.32. The van der Waals surface area contributed by atoms with Crippen LogP contribution < -0.4 is 20.5 Å². The Bertz CT molecular complexity index is 683. The second kappa shape index (κ2) is 5.65. The Kier molecular flexibility index (Phi) is 3.70. The Labute approximate surface area is 130 Å². The molecular formula is C15H13BrN2O3. The third kappa shape index (κ3) is 3.11. The van der Waals surface area contributed by atoms with Gasteiger partial charge in [-0.3, -0.25) is 4.79 Å². The summed E-state index contributed by atoms with van der Waals surface area (Å²) in [5, 5.41) is 2.81. The normalized spacial score (nSPS) is 12.8. The van der Waals surface area contributed by atoms with E-state index in [1.807, 2.05) is 0 Å². The summed E-state index contributed by atoms with van der Waals surface area (Å²) in [5.74, 6) is 1.08. The number of hydrogen-bond donors (Lipinski definition) is 2. The number of rotatable bonds is 2. The van der Waals surface area contributed by atoms with Crippen LogP contribution in [0.15, 0.2) is 40.9 Å². The number of nitrogens with two attached hydrogens (primary N) is 1. The number of hydrogen-bond acceptors (Lipinski definition) is 4. The van der Waals surface area contributed by atoms with Crippen molar-refractivity contribution in [1.82, 2.24) is 0 Å². The standard InChI is InChI=1S/C15H13BrN2O3/c16-10-5-9(6-11(17)7-10)15(19)18-12-1-2-13-14(8-12)21-4-3-20-13/h1-2,5-8H,3-4,17H2,(H,18,19). The van der Waals surface area contributed by atoms with Gasteiger partial charge in [-0.15, -0.1) is 0 Å². The van der Waals surface area contributed by atoms with Crippen LogP contribution in [-0.2, 0) is 0 Å². The molecule has 0 unspecified atom stereocenters. The number of benzene rings is 2. The van der Waals surface area contributed by atoms with E-state index in [4.69, 9.17) is 15.2 Å². The third-order valence-electron chi connectivity index (χ3n) is 2.98. The molecule has 2 aromatic rings. The highest BCUT2D eigenvalue weighted by Gasteiger charge is 2.13. The van der Waals surface area contributed by atoms with E-state index in [9.17, 15) is 4.79 Å². The van der Waals surface area contributed by atoms with Gasteiger partial charge in [0.05, 0.1) is 0 Å². The van der Waals surface area contributed by atoms with Gasteiger partial charge in [-0.2, -0.15) is 0 Å². The molecule has 6 heteroatoms. The Hall–Kier alpha value is -2.21. The average molecular weight is 349 g/mol. The number of halogens is 1. The van der Waals surface area contributed by atoms with Crippen LogP contribution in [0.2, 0.25) is 0 Å². The van der Waals surface area contributed by atoms with E-state index in [-0.39, 0.29) is 5.91 Å². The molecule has 0 bridgehead atoms. The smallest absolute Gasteiger partial charge is 0.255 e. The lowest BCUT2D eigenvalue weighted by atomic mass is 10.2. The maximum atomic E-state index is 12.2. The van der Waals surface area contributed by atoms with E-state index in [2.05, 4.69) is 21.2 Å². The first kappa shape index (κ1) is 13.8. The number of amides is 1. The molecule has 0 aliphatic carbocycles. The van der Waals surface area contributed by atoms with Gasteiger partial charge in [0, 0.05) is 27.5 Å². The topological polar surface area (TPSA) is 73.6 Å². The third-order valence-corrected chi connectivity index (χ3v) is 3.44. The summed E-state index contributed by atoms with van der Waals surface area (Å²) in [6.45, 7) is 1.04. The van der Waals surface area contributed by atoms with Crippen LogP contribution in [0, 0.1) is 0 Å². The van der Waals surface area contributed by atoms with Crippen molar-refractivity contribution in [3.63, 3.8) is 0 Å². The van der Waals surface area contributed by atoms with Crippen LogP contribution in [0.25, 0.3) is 0 Å². The summed E-state index contributed by atoms with van der Waals surface area (Å²) in [4.78, 5) is 12.2. The molecule has 21 heavy (non-hydrogen) atoms. The van der Waals surface area contributed by atoms with Crippen LogP contribution in [0.1, 0.15) is 10.4 Å². The monoisotopic (exact) mass is 348 g/mol. The second-order valence-electron chi connectivity index (χ2n) is 4.59. The van der Waals surface area contributed by atoms with Gasteiger partial charge in [-0.05, 0) is 30.3 Å². The van der Waals surface area contributed by atoms with Crippen molar-refractivity contribution in [2.45, 2.75) is 0 Å². The lowest BCUT2D eigenvalue weighted by Crippen LogP contribution is -2.16. The SMILES string of the molecule is Nc1cc(Br)cc(C(=O)Nc2ccc3c(c2)OCCO3)c1. The Morgan fingerprint density at radius 1 is 1.10 bits per heavy atom. The number of nitrogens with one attached hydrogen (secondary N) is 1. The molecule has 3 rings (SSSR count). The van der Waals surface area contributed by atoms with Gasteiger partial charge in [-0.25, -0.2) is 0 Å². The van der Waals surface area contributed by atoms with Gasteiger partial charge in [0.25, 0.3) is 5.91 Å².